The monoisotopic (exact) mass is 238 g/mol. The fraction of sp³-hybridized carbons (Fsp3) is 0.615. The zero-order chi connectivity index (χ0) is 12.6. The lowest BCUT2D eigenvalue weighted by Gasteiger charge is -2.37. The smallest absolute Gasteiger partial charge is 0.371 e. The Morgan fingerprint density at radius 2 is 2.12 bits per heavy atom. The molecule has 1 aromatic heterocycles. The molecule has 2 rings (SSSR count). The van der Waals surface area contributed by atoms with E-state index in [0.29, 0.717) is 30.4 Å². The van der Waals surface area contributed by atoms with E-state index >= 15 is 0 Å². The van der Waals surface area contributed by atoms with Crippen LogP contribution in [0.5, 0.6) is 0 Å². The van der Waals surface area contributed by atoms with Crippen LogP contribution in [0.3, 0.4) is 0 Å². The maximum Gasteiger partial charge on any atom is 0.371 e. The van der Waals surface area contributed by atoms with E-state index in [-0.39, 0.29) is 5.76 Å². The molecular formula is C13H18O4. The quantitative estimate of drug-likeness (QED) is 0.830. The minimum absolute atomic E-state index is 0.111. The first kappa shape index (κ1) is 12.2. The van der Waals surface area contributed by atoms with Crippen LogP contribution in [0.1, 0.15) is 49.4 Å². The Balaban J connectivity index is 2.22. The summed E-state index contributed by atoms with van der Waals surface area (Å²) in [7, 11) is 0. The van der Waals surface area contributed by atoms with E-state index in [1.807, 2.05) is 0 Å². The van der Waals surface area contributed by atoms with Crippen molar-refractivity contribution in [3.8, 4) is 0 Å². The van der Waals surface area contributed by atoms with Crippen LogP contribution >= 0.6 is 0 Å². The summed E-state index contributed by atoms with van der Waals surface area (Å²) in [5.41, 5.74) is -1.00. The van der Waals surface area contributed by atoms with Crippen molar-refractivity contribution in [2.45, 2.75) is 38.7 Å². The summed E-state index contributed by atoms with van der Waals surface area (Å²) in [4.78, 5) is 10.7. The summed E-state index contributed by atoms with van der Waals surface area (Å²) in [5.74, 6) is 0.168. The third kappa shape index (κ3) is 2.22. The van der Waals surface area contributed by atoms with Gasteiger partial charge in [-0.25, -0.2) is 4.79 Å². The average Bonchev–Trinajstić information content (AvgIpc) is 2.74. The molecule has 0 amide bonds. The van der Waals surface area contributed by atoms with Crippen LogP contribution in [-0.2, 0) is 5.60 Å². The van der Waals surface area contributed by atoms with Crippen molar-refractivity contribution in [1.29, 1.82) is 0 Å². The standard InChI is InChI=1S/C13H18O4/c1-8-5-6-13(16,7-9(8)2)11-4-3-10(17-11)12(14)15/h3-4,8-9,16H,5-7H2,1-2H3,(H,14,15). The van der Waals surface area contributed by atoms with E-state index in [9.17, 15) is 9.90 Å². The second kappa shape index (κ2) is 4.18. The minimum Gasteiger partial charge on any atom is -0.475 e. The highest BCUT2D eigenvalue weighted by Crippen LogP contribution is 2.42. The number of hydrogen-bond donors (Lipinski definition) is 2. The molecule has 0 bridgehead atoms. The number of carbonyl (C=O) groups is 1. The summed E-state index contributed by atoms with van der Waals surface area (Å²) in [6, 6.07) is 2.98. The highest BCUT2D eigenvalue weighted by molar-refractivity contribution is 5.84. The number of carboxylic acid groups (broad SMARTS) is 1. The fourth-order valence-electron chi connectivity index (χ4n) is 2.51. The van der Waals surface area contributed by atoms with Crippen molar-refractivity contribution < 1.29 is 19.4 Å². The number of carboxylic acids is 1. The first-order valence-electron chi connectivity index (χ1n) is 5.98. The van der Waals surface area contributed by atoms with Gasteiger partial charge >= 0.3 is 5.97 Å². The minimum atomic E-state index is -1.10. The fourth-order valence-corrected chi connectivity index (χ4v) is 2.51. The van der Waals surface area contributed by atoms with Gasteiger partial charge in [0.2, 0.25) is 5.76 Å². The van der Waals surface area contributed by atoms with E-state index in [1.165, 1.54) is 6.07 Å². The van der Waals surface area contributed by atoms with Gasteiger partial charge in [-0.15, -0.1) is 0 Å². The van der Waals surface area contributed by atoms with Gasteiger partial charge in [0, 0.05) is 0 Å². The number of furan rings is 1. The molecule has 2 N–H and O–H groups in total. The number of aliphatic hydroxyl groups is 1. The number of hydrogen-bond acceptors (Lipinski definition) is 3. The number of rotatable bonds is 2. The Hall–Kier alpha value is -1.29. The Morgan fingerprint density at radius 1 is 1.41 bits per heavy atom. The van der Waals surface area contributed by atoms with Crippen molar-refractivity contribution in [1.82, 2.24) is 0 Å². The van der Waals surface area contributed by atoms with Crippen LogP contribution in [0.25, 0.3) is 0 Å². The maximum atomic E-state index is 10.7. The van der Waals surface area contributed by atoms with Crippen LogP contribution < -0.4 is 0 Å². The van der Waals surface area contributed by atoms with Crippen LogP contribution in [0.15, 0.2) is 16.5 Å². The highest BCUT2D eigenvalue weighted by Gasteiger charge is 2.40. The molecule has 1 heterocycles. The lowest BCUT2D eigenvalue weighted by molar-refractivity contribution is -0.0503. The van der Waals surface area contributed by atoms with E-state index in [0.717, 1.165) is 6.42 Å². The Kier molecular flexibility index (Phi) is 3.00. The average molecular weight is 238 g/mol. The van der Waals surface area contributed by atoms with Gasteiger partial charge in [0.25, 0.3) is 0 Å². The third-order valence-corrected chi connectivity index (χ3v) is 3.92. The Labute approximate surface area is 100 Å². The van der Waals surface area contributed by atoms with Crippen LogP contribution in [0, 0.1) is 11.8 Å². The molecule has 3 atom stereocenters. The molecule has 1 aliphatic carbocycles. The predicted octanol–water partition coefficient (Wildman–Crippen LogP) is 2.62. The molecule has 17 heavy (non-hydrogen) atoms. The second-order valence-corrected chi connectivity index (χ2v) is 5.20. The van der Waals surface area contributed by atoms with E-state index in [2.05, 4.69) is 13.8 Å². The van der Waals surface area contributed by atoms with Crippen LogP contribution in [-0.4, -0.2) is 16.2 Å². The molecule has 0 aliphatic heterocycles. The molecule has 0 saturated heterocycles. The Morgan fingerprint density at radius 3 is 2.65 bits per heavy atom. The van der Waals surface area contributed by atoms with Crippen molar-refractivity contribution in [2.75, 3.05) is 0 Å². The molecule has 0 radical (unpaired) electrons. The summed E-state index contributed by atoms with van der Waals surface area (Å²) < 4.78 is 5.22. The first-order chi connectivity index (χ1) is 7.92. The molecule has 1 aliphatic rings. The molecule has 1 fully saturated rings. The van der Waals surface area contributed by atoms with Gasteiger partial charge in [-0.05, 0) is 43.2 Å². The van der Waals surface area contributed by atoms with E-state index in [1.54, 1.807) is 6.07 Å². The summed E-state index contributed by atoms with van der Waals surface area (Å²) in [6.07, 6.45) is 2.19. The SMILES string of the molecule is CC1CCC(O)(c2ccc(C(=O)O)o2)CC1C. The molecule has 3 unspecified atom stereocenters. The molecule has 1 saturated carbocycles. The molecule has 4 heteroatoms. The predicted molar refractivity (Wildman–Crippen MR) is 61.7 cm³/mol. The van der Waals surface area contributed by atoms with Crippen LogP contribution in [0.2, 0.25) is 0 Å². The first-order valence-corrected chi connectivity index (χ1v) is 5.98. The Bertz CT molecular complexity index is 423. The van der Waals surface area contributed by atoms with Crippen molar-refractivity contribution >= 4 is 5.97 Å². The van der Waals surface area contributed by atoms with E-state index < -0.39 is 11.6 Å². The van der Waals surface area contributed by atoms with Gasteiger partial charge in [0.15, 0.2) is 0 Å². The molecule has 0 aromatic carbocycles. The molecule has 4 nitrogen and oxygen atoms in total. The molecular weight excluding hydrogens is 220 g/mol. The summed E-state index contributed by atoms with van der Waals surface area (Å²) in [6.45, 7) is 4.28. The molecule has 0 spiro atoms. The summed E-state index contributed by atoms with van der Waals surface area (Å²) >= 11 is 0. The number of aromatic carboxylic acids is 1. The normalized spacial score (nSPS) is 33.6. The van der Waals surface area contributed by atoms with Crippen LogP contribution in [0.4, 0.5) is 0 Å². The van der Waals surface area contributed by atoms with E-state index in [4.69, 9.17) is 9.52 Å². The maximum absolute atomic E-state index is 10.7. The topological polar surface area (TPSA) is 70.7 Å². The van der Waals surface area contributed by atoms with Gasteiger partial charge in [0.1, 0.15) is 11.4 Å². The second-order valence-electron chi connectivity index (χ2n) is 5.20. The molecule has 1 aromatic rings. The third-order valence-electron chi connectivity index (χ3n) is 3.92. The van der Waals surface area contributed by atoms with Gasteiger partial charge in [-0.1, -0.05) is 13.8 Å². The lowest BCUT2D eigenvalue weighted by Crippen LogP contribution is -2.34. The van der Waals surface area contributed by atoms with Gasteiger partial charge in [-0.2, -0.15) is 0 Å². The van der Waals surface area contributed by atoms with Crippen molar-refractivity contribution in [3.05, 3.63) is 23.7 Å². The zero-order valence-electron chi connectivity index (χ0n) is 10.1. The van der Waals surface area contributed by atoms with Gasteiger partial charge < -0.3 is 14.6 Å². The highest BCUT2D eigenvalue weighted by atomic mass is 16.4. The zero-order valence-corrected chi connectivity index (χ0v) is 10.1. The van der Waals surface area contributed by atoms with Gasteiger partial charge in [0.05, 0.1) is 0 Å². The summed E-state index contributed by atoms with van der Waals surface area (Å²) in [5, 5.41) is 19.3. The largest absolute Gasteiger partial charge is 0.475 e. The lowest BCUT2D eigenvalue weighted by atomic mass is 9.72. The van der Waals surface area contributed by atoms with Gasteiger partial charge in [-0.3, -0.25) is 0 Å². The van der Waals surface area contributed by atoms with Crippen molar-refractivity contribution in [2.24, 2.45) is 11.8 Å². The van der Waals surface area contributed by atoms with Crippen molar-refractivity contribution in [3.63, 3.8) is 0 Å². The molecule has 94 valence electrons.